The zero-order valence-electron chi connectivity index (χ0n) is 10.3. The Morgan fingerprint density at radius 2 is 1.88 bits per heavy atom. The molecule has 3 nitrogen and oxygen atoms in total. The molecule has 0 heterocycles. The molecule has 0 aliphatic heterocycles. The van der Waals surface area contributed by atoms with Gasteiger partial charge in [0.05, 0.1) is 6.10 Å². The fourth-order valence-electron chi connectivity index (χ4n) is 1.83. The number of anilines is 1. The van der Waals surface area contributed by atoms with Crippen LogP contribution in [0.3, 0.4) is 0 Å². The van der Waals surface area contributed by atoms with E-state index in [9.17, 15) is 10.2 Å². The predicted molar refractivity (Wildman–Crippen MR) is 67.1 cm³/mol. The lowest BCUT2D eigenvalue weighted by atomic mass is 10.1. The van der Waals surface area contributed by atoms with Crippen molar-refractivity contribution in [2.75, 3.05) is 18.0 Å². The number of hydrogen-bond donors (Lipinski definition) is 2. The molecule has 0 amide bonds. The van der Waals surface area contributed by atoms with Crippen LogP contribution in [0.15, 0.2) is 18.2 Å². The van der Waals surface area contributed by atoms with Gasteiger partial charge in [0.15, 0.2) is 0 Å². The van der Waals surface area contributed by atoms with Gasteiger partial charge >= 0.3 is 0 Å². The van der Waals surface area contributed by atoms with E-state index in [1.165, 1.54) is 0 Å². The summed E-state index contributed by atoms with van der Waals surface area (Å²) in [5.41, 5.74) is 1.82. The summed E-state index contributed by atoms with van der Waals surface area (Å²) in [6.07, 6.45) is 0.0647. The molecule has 1 aromatic rings. The minimum Gasteiger partial charge on any atom is -0.508 e. The number of aliphatic hydroxyl groups is 1. The molecule has 0 aliphatic rings. The number of aromatic hydroxyl groups is 1. The van der Waals surface area contributed by atoms with E-state index in [0.717, 1.165) is 24.3 Å². The second kappa shape index (κ2) is 5.75. The normalized spacial score (nSPS) is 12.5. The first-order valence-corrected chi connectivity index (χ1v) is 5.83. The van der Waals surface area contributed by atoms with E-state index in [-0.39, 0.29) is 5.75 Å². The van der Waals surface area contributed by atoms with Gasteiger partial charge in [-0.05, 0) is 32.4 Å². The summed E-state index contributed by atoms with van der Waals surface area (Å²) in [6.45, 7) is 7.74. The average molecular weight is 223 g/mol. The number of nitrogens with zero attached hydrogens (tertiary/aromatic N) is 1. The van der Waals surface area contributed by atoms with Gasteiger partial charge in [-0.1, -0.05) is 6.07 Å². The highest BCUT2D eigenvalue weighted by atomic mass is 16.3. The van der Waals surface area contributed by atoms with Crippen LogP contribution < -0.4 is 4.90 Å². The topological polar surface area (TPSA) is 43.7 Å². The Kier molecular flexibility index (Phi) is 4.62. The van der Waals surface area contributed by atoms with Gasteiger partial charge in [-0.25, -0.2) is 0 Å². The van der Waals surface area contributed by atoms with Crippen molar-refractivity contribution in [2.24, 2.45) is 0 Å². The largest absolute Gasteiger partial charge is 0.508 e. The van der Waals surface area contributed by atoms with Crippen molar-refractivity contribution in [2.45, 2.75) is 33.3 Å². The standard InChI is InChI=1S/C13H21NO2/c1-4-14(5-2)12-7-6-11(8-10(3)15)13(16)9-12/h6-7,9-10,15-16H,4-5,8H2,1-3H3/t10-/m0/s1. The van der Waals surface area contributed by atoms with Crippen LogP contribution >= 0.6 is 0 Å². The van der Waals surface area contributed by atoms with Gasteiger partial charge in [-0.2, -0.15) is 0 Å². The maximum Gasteiger partial charge on any atom is 0.120 e. The second-order valence-corrected chi connectivity index (χ2v) is 4.04. The quantitative estimate of drug-likeness (QED) is 0.804. The lowest BCUT2D eigenvalue weighted by molar-refractivity contribution is 0.194. The van der Waals surface area contributed by atoms with Crippen LogP contribution in [0.5, 0.6) is 5.75 Å². The molecule has 0 spiro atoms. The molecular weight excluding hydrogens is 202 g/mol. The first-order valence-electron chi connectivity index (χ1n) is 5.83. The number of hydrogen-bond acceptors (Lipinski definition) is 3. The summed E-state index contributed by atoms with van der Waals surface area (Å²) in [4.78, 5) is 2.17. The van der Waals surface area contributed by atoms with Crippen LogP contribution in [0, 0.1) is 0 Å². The summed E-state index contributed by atoms with van der Waals surface area (Å²) in [6, 6.07) is 5.64. The van der Waals surface area contributed by atoms with E-state index >= 15 is 0 Å². The molecule has 3 heteroatoms. The fraction of sp³-hybridized carbons (Fsp3) is 0.538. The Bertz CT molecular complexity index is 333. The van der Waals surface area contributed by atoms with E-state index < -0.39 is 6.10 Å². The molecule has 0 radical (unpaired) electrons. The van der Waals surface area contributed by atoms with Crippen molar-refractivity contribution in [3.05, 3.63) is 23.8 Å². The van der Waals surface area contributed by atoms with E-state index in [1.54, 1.807) is 13.0 Å². The molecule has 90 valence electrons. The van der Waals surface area contributed by atoms with Crippen molar-refractivity contribution >= 4 is 5.69 Å². The molecular formula is C13H21NO2. The van der Waals surface area contributed by atoms with Crippen LogP contribution in [0.25, 0.3) is 0 Å². The molecule has 0 saturated carbocycles. The first-order chi connectivity index (χ1) is 7.58. The summed E-state index contributed by atoms with van der Waals surface area (Å²) in [5.74, 6) is 0.269. The first kappa shape index (κ1) is 12.8. The molecule has 2 N–H and O–H groups in total. The van der Waals surface area contributed by atoms with Gasteiger partial charge in [0.25, 0.3) is 0 Å². The molecule has 16 heavy (non-hydrogen) atoms. The molecule has 0 aromatic heterocycles. The maximum atomic E-state index is 9.84. The van der Waals surface area contributed by atoms with Crippen molar-refractivity contribution in [1.82, 2.24) is 0 Å². The SMILES string of the molecule is CCN(CC)c1ccc(C[C@H](C)O)c(O)c1. The van der Waals surface area contributed by atoms with Gasteiger partial charge in [0.2, 0.25) is 0 Å². The van der Waals surface area contributed by atoms with Crippen LogP contribution in [0.2, 0.25) is 0 Å². The fourth-order valence-corrected chi connectivity index (χ4v) is 1.83. The van der Waals surface area contributed by atoms with E-state index in [4.69, 9.17) is 0 Å². The average Bonchev–Trinajstić information content (AvgIpc) is 2.23. The van der Waals surface area contributed by atoms with Crippen LogP contribution in [0.1, 0.15) is 26.3 Å². The third-order valence-electron chi connectivity index (χ3n) is 2.71. The number of aliphatic hydroxyl groups excluding tert-OH is 1. The Morgan fingerprint density at radius 3 is 2.31 bits per heavy atom. The van der Waals surface area contributed by atoms with E-state index in [2.05, 4.69) is 18.7 Å². The van der Waals surface area contributed by atoms with Gasteiger partial charge in [0, 0.05) is 31.3 Å². The number of phenols is 1. The van der Waals surface area contributed by atoms with E-state index in [1.807, 2.05) is 12.1 Å². The predicted octanol–water partition coefficient (Wildman–Crippen LogP) is 2.16. The van der Waals surface area contributed by atoms with Crippen LogP contribution in [-0.4, -0.2) is 29.4 Å². The summed E-state index contributed by atoms with van der Waals surface area (Å²) in [7, 11) is 0. The number of rotatable bonds is 5. The highest BCUT2D eigenvalue weighted by Gasteiger charge is 2.08. The maximum absolute atomic E-state index is 9.84. The zero-order chi connectivity index (χ0) is 12.1. The lowest BCUT2D eigenvalue weighted by Crippen LogP contribution is -2.21. The molecule has 1 rings (SSSR count). The number of benzene rings is 1. The monoisotopic (exact) mass is 223 g/mol. The lowest BCUT2D eigenvalue weighted by Gasteiger charge is -2.21. The molecule has 0 aliphatic carbocycles. The summed E-state index contributed by atoms with van der Waals surface area (Å²) in [5, 5.41) is 19.1. The van der Waals surface area contributed by atoms with Crippen LogP contribution in [-0.2, 0) is 6.42 Å². The van der Waals surface area contributed by atoms with Crippen molar-refractivity contribution in [3.63, 3.8) is 0 Å². The minimum atomic E-state index is -0.426. The zero-order valence-corrected chi connectivity index (χ0v) is 10.3. The van der Waals surface area contributed by atoms with Gasteiger partial charge in [0.1, 0.15) is 5.75 Å². The smallest absolute Gasteiger partial charge is 0.120 e. The molecule has 0 bridgehead atoms. The summed E-state index contributed by atoms with van der Waals surface area (Å²) < 4.78 is 0. The van der Waals surface area contributed by atoms with E-state index in [0.29, 0.717) is 6.42 Å². The third-order valence-corrected chi connectivity index (χ3v) is 2.71. The van der Waals surface area contributed by atoms with Crippen molar-refractivity contribution in [1.29, 1.82) is 0 Å². The minimum absolute atomic E-state index is 0.269. The number of phenolic OH excluding ortho intramolecular Hbond substituents is 1. The molecule has 0 saturated heterocycles. The molecule has 0 unspecified atom stereocenters. The third kappa shape index (κ3) is 3.14. The van der Waals surface area contributed by atoms with Crippen molar-refractivity contribution in [3.8, 4) is 5.75 Å². The van der Waals surface area contributed by atoms with Crippen molar-refractivity contribution < 1.29 is 10.2 Å². The Morgan fingerprint density at radius 1 is 1.25 bits per heavy atom. The molecule has 0 fully saturated rings. The molecule has 1 atom stereocenters. The highest BCUT2D eigenvalue weighted by Crippen LogP contribution is 2.25. The molecule has 1 aromatic carbocycles. The Balaban J connectivity index is 2.89. The summed E-state index contributed by atoms with van der Waals surface area (Å²) >= 11 is 0. The van der Waals surface area contributed by atoms with Gasteiger partial charge in [-0.3, -0.25) is 0 Å². The Hall–Kier alpha value is -1.22. The highest BCUT2D eigenvalue weighted by molar-refractivity contribution is 5.53. The van der Waals surface area contributed by atoms with Gasteiger partial charge < -0.3 is 15.1 Å². The Labute approximate surface area is 97.3 Å². The van der Waals surface area contributed by atoms with Gasteiger partial charge in [-0.15, -0.1) is 0 Å². The van der Waals surface area contributed by atoms with Crippen LogP contribution in [0.4, 0.5) is 5.69 Å². The second-order valence-electron chi connectivity index (χ2n) is 4.04.